The fraction of sp³-hybridized carbons (Fsp3) is 0.833. The van der Waals surface area contributed by atoms with E-state index in [9.17, 15) is 18.0 Å². The van der Waals surface area contributed by atoms with Gasteiger partial charge in [-0.05, 0) is 20.8 Å². The normalized spacial score (nSPS) is 9.61. The molecular formula is C12H29NO9S. The molecule has 0 bridgehead atoms. The molecule has 0 aromatic heterocycles. The highest BCUT2D eigenvalue weighted by Gasteiger charge is 2.12. The Kier molecular flexibility index (Phi) is 21.8. The van der Waals surface area contributed by atoms with Crippen molar-refractivity contribution in [2.45, 2.75) is 39.7 Å². The third kappa shape index (κ3) is 96.6. The summed E-state index contributed by atoms with van der Waals surface area (Å²) in [6.45, 7) is 6.79. The molecule has 0 rings (SSSR count). The fourth-order valence-electron chi connectivity index (χ4n) is 0.446. The summed E-state index contributed by atoms with van der Waals surface area (Å²) in [7, 11) is -2.29. The van der Waals surface area contributed by atoms with E-state index < -0.39 is 21.8 Å². The molecule has 23 heavy (non-hydrogen) atoms. The number of aliphatic hydroxyl groups excluding tert-OH is 2. The van der Waals surface area contributed by atoms with Crippen LogP contribution in [0.3, 0.4) is 0 Å². The lowest BCUT2D eigenvalue weighted by Crippen LogP contribution is -2.27. The number of carbonyl (C=O) groups is 2. The van der Waals surface area contributed by atoms with Gasteiger partial charge in [-0.1, -0.05) is 6.92 Å². The van der Waals surface area contributed by atoms with E-state index in [1.54, 1.807) is 27.7 Å². The lowest BCUT2D eigenvalue weighted by molar-refractivity contribution is -0.140. The number of nitrogens with two attached hydrogens (primary N) is 1. The molecule has 11 heteroatoms. The summed E-state index contributed by atoms with van der Waals surface area (Å²) in [6, 6.07) is 0. The molecule has 0 aliphatic carbocycles. The molecule has 0 fully saturated rings. The van der Waals surface area contributed by atoms with Crippen molar-refractivity contribution in [3.63, 3.8) is 0 Å². The van der Waals surface area contributed by atoms with E-state index in [4.69, 9.17) is 20.5 Å². The van der Waals surface area contributed by atoms with Crippen LogP contribution in [0.4, 0.5) is 4.79 Å². The summed E-state index contributed by atoms with van der Waals surface area (Å²) < 4.78 is 34.7. The number of amides is 1. The van der Waals surface area contributed by atoms with Gasteiger partial charge in [0.25, 0.3) is 10.1 Å². The SMILES string of the molecule is CC(C)(C)OC(N)=O.CCC(=O)OC.CS(=O)(=O)O.OCCO. The van der Waals surface area contributed by atoms with Gasteiger partial charge in [-0.15, -0.1) is 0 Å². The summed E-state index contributed by atoms with van der Waals surface area (Å²) in [4.78, 5) is 20.0. The first kappa shape index (κ1) is 29.6. The molecule has 0 radical (unpaired) electrons. The Labute approximate surface area is 137 Å². The van der Waals surface area contributed by atoms with Gasteiger partial charge in [0.2, 0.25) is 0 Å². The highest BCUT2D eigenvalue weighted by Crippen LogP contribution is 2.04. The molecule has 0 aliphatic heterocycles. The molecular weight excluding hydrogens is 334 g/mol. The zero-order chi connectivity index (χ0) is 19.7. The highest BCUT2D eigenvalue weighted by molar-refractivity contribution is 7.85. The number of ether oxygens (including phenoxy) is 2. The number of esters is 1. The summed E-state index contributed by atoms with van der Waals surface area (Å²) in [5.41, 5.74) is 4.26. The lowest BCUT2D eigenvalue weighted by Gasteiger charge is -2.16. The number of hydrogen-bond acceptors (Lipinski definition) is 8. The first-order valence-electron chi connectivity index (χ1n) is 6.33. The molecule has 0 aromatic carbocycles. The molecule has 0 aliphatic rings. The van der Waals surface area contributed by atoms with Crippen LogP contribution in [-0.4, -0.2) is 67.4 Å². The van der Waals surface area contributed by atoms with Crippen LogP contribution >= 0.6 is 0 Å². The topological polar surface area (TPSA) is 173 Å². The minimum Gasteiger partial charge on any atom is -0.469 e. The summed E-state index contributed by atoms with van der Waals surface area (Å²) in [6.07, 6.45) is 0.459. The fourth-order valence-corrected chi connectivity index (χ4v) is 0.446. The van der Waals surface area contributed by atoms with E-state index in [0.29, 0.717) is 12.7 Å². The molecule has 0 saturated heterocycles. The Morgan fingerprint density at radius 2 is 1.43 bits per heavy atom. The molecule has 1 amide bonds. The van der Waals surface area contributed by atoms with Crippen molar-refractivity contribution in [2.24, 2.45) is 5.73 Å². The summed E-state index contributed by atoms with van der Waals surface area (Å²) in [5, 5.41) is 15.2. The number of primary amides is 1. The van der Waals surface area contributed by atoms with Crippen LogP contribution in [-0.2, 0) is 24.4 Å². The van der Waals surface area contributed by atoms with Crippen LogP contribution in [0.15, 0.2) is 0 Å². The Morgan fingerprint density at radius 1 is 1.13 bits per heavy atom. The minimum atomic E-state index is -3.67. The van der Waals surface area contributed by atoms with Gasteiger partial charge in [0.15, 0.2) is 0 Å². The predicted octanol–water partition coefficient (Wildman–Crippen LogP) is -0.0754. The molecule has 142 valence electrons. The van der Waals surface area contributed by atoms with E-state index in [0.717, 1.165) is 0 Å². The van der Waals surface area contributed by atoms with Crippen molar-refractivity contribution >= 4 is 22.2 Å². The first-order chi connectivity index (χ1) is 10.1. The number of methoxy groups -OCH3 is 1. The van der Waals surface area contributed by atoms with E-state index >= 15 is 0 Å². The average molecular weight is 363 g/mol. The summed E-state index contributed by atoms with van der Waals surface area (Å²) >= 11 is 0. The van der Waals surface area contributed by atoms with Crippen molar-refractivity contribution in [2.75, 3.05) is 26.6 Å². The van der Waals surface area contributed by atoms with Gasteiger partial charge in [0.05, 0.1) is 26.6 Å². The minimum absolute atomic E-state index is 0.125. The third-order valence-electron chi connectivity index (χ3n) is 1.02. The van der Waals surface area contributed by atoms with Crippen LogP contribution in [0.5, 0.6) is 0 Å². The largest absolute Gasteiger partial charge is 0.469 e. The smallest absolute Gasteiger partial charge is 0.405 e. The maximum atomic E-state index is 10.0. The van der Waals surface area contributed by atoms with Crippen molar-refractivity contribution in [3.05, 3.63) is 0 Å². The number of aliphatic hydroxyl groups is 2. The zero-order valence-electron chi connectivity index (χ0n) is 14.4. The summed E-state index contributed by atoms with van der Waals surface area (Å²) in [5.74, 6) is -0.157. The van der Waals surface area contributed by atoms with Crippen LogP contribution in [0.2, 0.25) is 0 Å². The molecule has 0 heterocycles. The second-order valence-electron chi connectivity index (χ2n) is 4.64. The maximum Gasteiger partial charge on any atom is 0.405 e. The monoisotopic (exact) mass is 363 g/mol. The zero-order valence-corrected chi connectivity index (χ0v) is 15.2. The van der Waals surface area contributed by atoms with E-state index in [2.05, 4.69) is 9.47 Å². The first-order valence-corrected chi connectivity index (χ1v) is 8.18. The van der Waals surface area contributed by atoms with Gasteiger partial charge >= 0.3 is 12.1 Å². The van der Waals surface area contributed by atoms with Gasteiger partial charge in [-0.2, -0.15) is 8.42 Å². The van der Waals surface area contributed by atoms with Gasteiger partial charge in [-0.25, -0.2) is 4.79 Å². The van der Waals surface area contributed by atoms with Gasteiger partial charge < -0.3 is 25.4 Å². The van der Waals surface area contributed by atoms with Gasteiger partial charge in [0.1, 0.15) is 5.60 Å². The Hall–Kier alpha value is -1.43. The average Bonchev–Trinajstić information content (AvgIpc) is 2.33. The molecule has 0 saturated carbocycles. The van der Waals surface area contributed by atoms with E-state index in [1.165, 1.54) is 7.11 Å². The van der Waals surface area contributed by atoms with Crippen LogP contribution < -0.4 is 5.73 Å². The lowest BCUT2D eigenvalue weighted by atomic mass is 10.2. The number of hydrogen-bond donors (Lipinski definition) is 4. The van der Waals surface area contributed by atoms with E-state index in [-0.39, 0.29) is 19.2 Å². The molecule has 10 nitrogen and oxygen atoms in total. The number of carbonyl (C=O) groups excluding carboxylic acids is 2. The molecule has 0 spiro atoms. The van der Waals surface area contributed by atoms with Gasteiger partial charge in [-0.3, -0.25) is 9.35 Å². The van der Waals surface area contributed by atoms with Crippen LogP contribution in [0, 0.1) is 0 Å². The molecule has 5 N–H and O–H groups in total. The number of rotatable bonds is 2. The van der Waals surface area contributed by atoms with Crippen LogP contribution in [0.1, 0.15) is 34.1 Å². The Morgan fingerprint density at radius 3 is 1.43 bits per heavy atom. The highest BCUT2D eigenvalue weighted by atomic mass is 32.2. The van der Waals surface area contributed by atoms with E-state index in [1.807, 2.05) is 0 Å². The van der Waals surface area contributed by atoms with Gasteiger partial charge in [0, 0.05) is 6.42 Å². The molecule has 0 atom stereocenters. The van der Waals surface area contributed by atoms with Crippen molar-refractivity contribution in [1.82, 2.24) is 0 Å². The standard InChI is InChI=1S/C5H11NO2.C4H8O2.C2H6O2.CH4O3S/c1-5(2,3)8-4(6)7;1-3-4(5)6-2;3-1-2-4;1-5(2,3)4/h1-3H3,(H2,6,7);3H2,1-2H3;3-4H,1-2H2;1H3,(H,2,3,4). The van der Waals surface area contributed by atoms with Crippen molar-refractivity contribution in [3.8, 4) is 0 Å². The Bertz CT molecular complexity index is 372. The third-order valence-corrected chi connectivity index (χ3v) is 1.02. The predicted molar refractivity (Wildman–Crippen MR) is 84.4 cm³/mol. The van der Waals surface area contributed by atoms with Crippen molar-refractivity contribution in [1.29, 1.82) is 0 Å². The maximum absolute atomic E-state index is 10.0. The Balaban J connectivity index is -0.000000108. The second kappa shape index (κ2) is 16.9. The second-order valence-corrected chi connectivity index (χ2v) is 6.11. The molecule has 0 unspecified atom stereocenters. The quantitative estimate of drug-likeness (QED) is 0.386. The molecule has 0 aromatic rings. The van der Waals surface area contributed by atoms with Crippen molar-refractivity contribution < 1.29 is 42.2 Å². The van der Waals surface area contributed by atoms with Crippen LogP contribution in [0.25, 0.3) is 0 Å².